The number of nitrogens with one attached hydrogen (secondary N) is 1. The molecule has 1 N–H and O–H groups in total. The van der Waals surface area contributed by atoms with Crippen LogP contribution in [0.5, 0.6) is 0 Å². The first-order chi connectivity index (χ1) is 8.56. The van der Waals surface area contributed by atoms with Crippen molar-refractivity contribution in [3.8, 4) is 0 Å². The Balaban J connectivity index is 2.36. The zero-order chi connectivity index (χ0) is 13.3. The molecule has 1 aromatic rings. The zero-order valence-electron chi connectivity index (χ0n) is 10.3. The minimum atomic E-state index is -1.42. The van der Waals surface area contributed by atoms with Gasteiger partial charge in [-0.15, -0.1) is 0 Å². The van der Waals surface area contributed by atoms with Crippen LogP contribution in [0, 0.1) is 23.4 Å². The molecule has 18 heavy (non-hydrogen) atoms. The van der Waals surface area contributed by atoms with Gasteiger partial charge in [0.05, 0.1) is 6.10 Å². The van der Waals surface area contributed by atoms with Crippen LogP contribution in [-0.4, -0.2) is 19.8 Å². The van der Waals surface area contributed by atoms with E-state index in [4.69, 9.17) is 4.74 Å². The van der Waals surface area contributed by atoms with Gasteiger partial charge >= 0.3 is 0 Å². The summed E-state index contributed by atoms with van der Waals surface area (Å²) in [5.74, 6) is -3.65. The second kappa shape index (κ2) is 5.28. The average molecular weight is 259 g/mol. The van der Waals surface area contributed by atoms with Gasteiger partial charge in [0.2, 0.25) is 0 Å². The third-order valence-electron chi connectivity index (χ3n) is 3.57. The number of benzene rings is 1. The van der Waals surface area contributed by atoms with E-state index in [1.165, 1.54) is 6.07 Å². The minimum Gasteiger partial charge on any atom is -0.378 e. The highest BCUT2D eigenvalue weighted by molar-refractivity contribution is 5.24. The topological polar surface area (TPSA) is 21.3 Å². The molecule has 3 unspecified atom stereocenters. The van der Waals surface area contributed by atoms with E-state index in [1.54, 1.807) is 7.05 Å². The molecule has 0 spiro atoms. The second-order valence-electron chi connectivity index (χ2n) is 4.56. The first kappa shape index (κ1) is 13.4. The molecular weight excluding hydrogens is 243 g/mol. The van der Waals surface area contributed by atoms with Crippen LogP contribution in [0.4, 0.5) is 13.2 Å². The Hall–Kier alpha value is -1.07. The van der Waals surface area contributed by atoms with E-state index in [2.05, 4.69) is 5.32 Å². The summed E-state index contributed by atoms with van der Waals surface area (Å²) in [6.07, 6.45) is 0.737. The fraction of sp³-hybridized carbons (Fsp3) is 0.538. The maximum atomic E-state index is 13.8. The lowest BCUT2D eigenvalue weighted by Crippen LogP contribution is -2.30. The molecule has 0 amide bonds. The van der Waals surface area contributed by atoms with Crippen LogP contribution >= 0.6 is 0 Å². The number of rotatable bonds is 3. The Labute approximate surface area is 104 Å². The fourth-order valence-corrected chi connectivity index (χ4v) is 2.57. The van der Waals surface area contributed by atoms with Crippen LogP contribution in [0.25, 0.3) is 0 Å². The maximum Gasteiger partial charge on any atom is 0.194 e. The van der Waals surface area contributed by atoms with Gasteiger partial charge in [-0.3, -0.25) is 0 Å². The SMILES string of the molecule is CNC(c1ccc(F)c(F)c1F)C1CCOC1C. The van der Waals surface area contributed by atoms with Crippen molar-refractivity contribution in [2.75, 3.05) is 13.7 Å². The highest BCUT2D eigenvalue weighted by Crippen LogP contribution is 2.34. The predicted molar refractivity (Wildman–Crippen MR) is 61.6 cm³/mol. The molecule has 0 saturated carbocycles. The molecule has 3 atom stereocenters. The third-order valence-corrected chi connectivity index (χ3v) is 3.57. The molecule has 1 heterocycles. The summed E-state index contributed by atoms with van der Waals surface area (Å²) in [4.78, 5) is 0. The summed E-state index contributed by atoms with van der Waals surface area (Å²) >= 11 is 0. The monoisotopic (exact) mass is 259 g/mol. The van der Waals surface area contributed by atoms with E-state index in [0.717, 1.165) is 12.5 Å². The molecule has 5 heteroatoms. The van der Waals surface area contributed by atoms with Crippen molar-refractivity contribution in [2.24, 2.45) is 5.92 Å². The van der Waals surface area contributed by atoms with Crippen molar-refractivity contribution >= 4 is 0 Å². The van der Waals surface area contributed by atoms with E-state index < -0.39 is 17.5 Å². The number of hydrogen-bond donors (Lipinski definition) is 1. The van der Waals surface area contributed by atoms with Gasteiger partial charge in [0, 0.05) is 24.1 Å². The van der Waals surface area contributed by atoms with E-state index in [0.29, 0.717) is 6.61 Å². The Morgan fingerprint density at radius 3 is 2.56 bits per heavy atom. The summed E-state index contributed by atoms with van der Waals surface area (Å²) in [7, 11) is 1.68. The molecule has 1 aliphatic heterocycles. The third kappa shape index (κ3) is 2.24. The van der Waals surface area contributed by atoms with Crippen LogP contribution in [0.2, 0.25) is 0 Å². The number of ether oxygens (including phenoxy) is 1. The lowest BCUT2D eigenvalue weighted by atomic mass is 9.88. The first-order valence-corrected chi connectivity index (χ1v) is 5.98. The van der Waals surface area contributed by atoms with Crippen LogP contribution in [0.3, 0.4) is 0 Å². The molecule has 1 aromatic carbocycles. The molecule has 1 fully saturated rings. The molecule has 2 nitrogen and oxygen atoms in total. The lowest BCUT2D eigenvalue weighted by molar-refractivity contribution is 0.0958. The average Bonchev–Trinajstić information content (AvgIpc) is 2.77. The van der Waals surface area contributed by atoms with Gasteiger partial charge in [0.1, 0.15) is 0 Å². The molecule has 2 rings (SSSR count). The molecule has 0 radical (unpaired) electrons. The van der Waals surface area contributed by atoms with Gasteiger partial charge in [0.15, 0.2) is 17.5 Å². The first-order valence-electron chi connectivity index (χ1n) is 5.98. The highest BCUT2D eigenvalue weighted by atomic mass is 19.2. The standard InChI is InChI=1S/C13H16F3NO/c1-7-8(5-6-18-7)13(17-2)9-3-4-10(14)12(16)11(9)15/h3-4,7-8,13,17H,5-6H2,1-2H3. The molecular formula is C13H16F3NO. The van der Waals surface area contributed by atoms with Crippen molar-refractivity contribution in [1.82, 2.24) is 5.32 Å². The molecule has 0 bridgehead atoms. The summed E-state index contributed by atoms with van der Waals surface area (Å²) in [6, 6.07) is 1.87. The van der Waals surface area contributed by atoms with Crippen LogP contribution in [0.15, 0.2) is 12.1 Å². The normalized spacial score (nSPS) is 25.4. The van der Waals surface area contributed by atoms with Crippen molar-refractivity contribution in [3.63, 3.8) is 0 Å². The van der Waals surface area contributed by atoms with E-state index in [1.807, 2.05) is 6.92 Å². The van der Waals surface area contributed by atoms with Gasteiger partial charge < -0.3 is 10.1 Å². The van der Waals surface area contributed by atoms with Crippen LogP contribution in [-0.2, 0) is 4.74 Å². The van der Waals surface area contributed by atoms with Crippen molar-refractivity contribution in [2.45, 2.75) is 25.5 Å². The largest absolute Gasteiger partial charge is 0.378 e. The van der Waals surface area contributed by atoms with E-state index in [9.17, 15) is 13.2 Å². The fourth-order valence-electron chi connectivity index (χ4n) is 2.57. The zero-order valence-corrected chi connectivity index (χ0v) is 10.3. The van der Waals surface area contributed by atoms with Crippen LogP contribution < -0.4 is 5.32 Å². The smallest absolute Gasteiger partial charge is 0.194 e. The molecule has 100 valence electrons. The lowest BCUT2D eigenvalue weighted by Gasteiger charge is -2.26. The quantitative estimate of drug-likeness (QED) is 0.843. The van der Waals surface area contributed by atoms with Gasteiger partial charge in [0.25, 0.3) is 0 Å². The highest BCUT2D eigenvalue weighted by Gasteiger charge is 2.34. The number of halogens is 3. The summed E-state index contributed by atoms with van der Waals surface area (Å²) in [6.45, 7) is 2.51. The predicted octanol–water partition coefficient (Wildman–Crippen LogP) is 2.79. The van der Waals surface area contributed by atoms with E-state index in [-0.39, 0.29) is 23.6 Å². The molecule has 1 saturated heterocycles. The van der Waals surface area contributed by atoms with Gasteiger partial charge in [-0.05, 0) is 26.5 Å². The summed E-state index contributed by atoms with van der Waals surface area (Å²) in [5, 5.41) is 2.97. The Morgan fingerprint density at radius 1 is 1.28 bits per heavy atom. The molecule has 0 aliphatic carbocycles. The Kier molecular flexibility index (Phi) is 3.92. The molecule has 1 aliphatic rings. The summed E-state index contributed by atoms with van der Waals surface area (Å²) < 4.78 is 45.4. The van der Waals surface area contributed by atoms with Gasteiger partial charge in [-0.1, -0.05) is 6.07 Å². The Bertz CT molecular complexity index is 438. The molecule has 0 aromatic heterocycles. The minimum absolute atomic E-state index is 0.0324. The van der Waals surface area contributed by atoms with Gasteiger partial charge in [-0.25, -0.2) is 13.2 Å². The van der Waals surface area contributed by atoms with E-state index >= 15 is 0 Å². The van der Waals surface area contributed by atoms with Gasteiger partial charge in [-0.2, -0.15) is 0 Å². The maximum absolute atomic E-state index is 13.8. The number of hydrogen-bond acceptors (Lipinski definition) is 2. The van der Waals surface area contributed by atoms with Crippen molar-refractivity contribution < 1.29 is 17.9 Å². The van der Waals surface area contributed by atoms with Crippen LogP contribution in [0.1, 0.15) is 24.9 Å². The summed E-state index contributed by atoms with van der Waals surface area (Å²) in [5.41, 5.74) is 0.152. The van der Waals surface area contributed by atoms with Crippen molar-refractivity contribution in [3.05, 3.63) is 35.1 Å². The Morgan fingerprint density at radius 2 is 2.00 bits per heavy atom. The van der Waals surface area contributed by atoms with Crippen molar-refractivity contribution in [1.29, 1.82) is 0 Å². The second-order valence-corrected chi connectivity index (χ2v) is 4.56.